The lowest BCUT2D eigenvalue weighted by atomic mass is 10.1. The average molecular weight is 351 g/mol. The molecule has 0 saturated carbocycles. The molecular weight excluding hydrogens is 327 g/mol. The van der Waals surface area contributed by atoms with E-state index in [1.54, 1.807) is 6.20 Å². The van der Waals surface area contributed by atoms with Gasteiger partial charge in [0.05, 0.1) is 25.1 Å². The number of amides is 1. The maximum atomic E-state index is 11.9. The van der Waals surface area contributed by atoms with Crippen LogP contribution >= 0.6 is 24.8 Å². The normalized spacial score (nSPS) is 15.3. The molecule has 8 heteroatoms. The third-order valence-corrected chi connectivity index (χ3v) is 3.33. The van der Waals surface area contributed by atoms with Gasteiger partial charge in [-0.1, -0.05) is 6.92 Å². The van der Waals surface area contributed by atoms with E-state index in [4.69, 9.17) is 4.74 Å². The summed E-state index contributed by atoms with van der Waals surface area (Å²) in [5, 5.41) is 5.81. The summed E-state index contributed by atoms with van der Waals surface area (Å²) in [6.45, 7) is 5.80. The number of pyridine rings is 1. The molecule has 1 atom stereocenters. The zero-order chi connectivity index (χ0) is 14.4. The summed E-state index contributed by atoms with van der Waals surface area (Å²) < 4.78 is 5.32. The molecular formula is C14H24Cl2N4O2. The summed E-state index contributed by atoms with van der Waals surface area (Å²) >= 11 is 0. The smallest absolute Gasteiger partial charge is 0.229 e. The van der Waals surface area contributed by atoms with Crippen LogP contribution in [-0.2, 0) is 9.53 Å². The van der Waals surface area contributed by atoms with E-state index in [0.29, 0.717) is 12.4 Å². The van der Waals surface area contributed by atoms with Crippen molar-refractivity contribution >= 4 is 42.2 Å². The highest BCUT2D eigenvalue weighted by molar-refractivity contribution is 5.91. The molecule has 1 aliphatic heterocycles. The Hall–Kier alpha value is -1.08. The molecule has 22 heavy (non-hydrogen) atoms. The fourth-order valence-corrected chi connectivity index (χ4v) is 2.12. The number of anilines is 2. The Morgan fingerprint density at radius 1 is 1.36 bits per heavy atom. The molecule has 0 spiro atoms. The largest absolute Gasteiger partial charge is 0.378 e. The fourth-order valence-electron chi connectivity index (χ4n) is 2.12. The van der Waals surface area contributed by atoms with Gasteiger partial charge in [0, 0.05) is 25.6 Å². The summed E-state index contributed by atoms with van der Waals surface area (Å²) in [5.74, 6) is 0.488. The molecule has 1 aromatic rings. The molecule has 0 radical (unpaired) electrons. The van der Waals surface area contributed by atoms with Crippen LogP contribution in [-0.4, -0.2) is 50.8 Å². The highest BCUT2D eigenvalue weighted by atomic mass is 35.5. The van der Waals surface area contributed by atoms with E-state index < -0.39 is 0 Å². The minimum Gasteiger partial charge on any atom is -0.378 e. The van der Waals surface area contributed by atoms with Crippen molar-refractivity contribution < 1.29 is 9.53 Å². The number of morpholine rings is 1. The molecule has 0 bridgehead atoms. The first kappa shape index (κ1) is 20.9. The summed E-state index contributed by atoms with van der Waals surface area (Å²) in [5.41, 5.74) is 1.06. The topological polar surface area (TPSA) is 66.5 Å². The minimum absolute atomic E-state index is 0. The Kier molecular flexibility index (Phi) is 10.1. The Morgan fingerprint density at radius 2 is 2.05 bits per heavy atom. The van der Waals surface area contributed by atoms with E-state index in [0.717, 1.165) is 32.0 Å². The van der Waals surface area contributed by atoms with Crippen molar-refractivity contribution in [2.75, 3.05) is 50.1 Å². The zero-order valence-electron chi connectivity index (χ0n) is 12.9. The van der Waals surface area contributed by atoms with Gasteiger partial charge in [0.25, 0.3) is 0 Å². The van der Waals surface area contributed by atoms with Crippen LogP contribution in [0, 0.1) is 5.92 Å². The maximum absolute atomic E-state index is 11.9. The van der Waals surface area contributed by atoms with Gasteiger partial charge >= 0.3 is 0 Å². The van der Waals surface area contributed by atoms with Gasteiger partial charge in [-0.05, 0) is 19.2 Å². The fraction of sp³-hybridized carbons (Fsp3) is 0.571. The number of halogens is 2. The lowest BCUT2D eigenvalue weighted by Gasteiger charge is -2.28. The Morgan fingerprint density at radius 3 is 2.59 bits per heavy atom. The van der Waals surface area contributed by atoms with Crippen molar-refractivity contribution in [2.24, 2.45) is 5.92 Å². The van der Waals surface area contributed by atoms with Crippen LogP contribution < -0.4 is 15.5 Å². The van der Waals surface area contributed by atoms with Gasteiger partial charge in [0.1, 0.15) is 5.82 Å². The van der Waals surface area contributed by atoms with Crippen LogP contribution in [0.5, 0.6) is 0 Å². The average Bonchev–Trinajstić information content (AvgIpc) is 2.49. The lowest BCUT2D eigenvalue weighted by molar-refractivity contribution is -0.119. The second-order valence-electron chi connectivity index (χ2n) is 4.95. The van der Waals surface area contributed by atoms with Crippen LogP contribution in [0.1, 0.15) is 6.92 Å². The number of carbonyl (C=O) groups is 1. The Balaban J connectivity index is 0.00000220. The highest BCUT2D eigenvalue weighted by Gasteiger charge is 2.14. The van der Waals surface area contributed by atoms with Gasteiger partial charge in [0.2, 0.25) is 5.91 Å². The zero-order valence-corrected chi connectivity index (χ0v) is 14.5. The SMILES string of the molecule is CNCC(C)C(=O)Nc1ccc(N2CCOCC2)cn1.Cl.Cl. The number of nitrogens with zero attached hydrogens (tertiary/aromatic N) is 2. The minimum atomic E-state index is -0.0827. The van der Waals surface area contributed by atoms with Crippen molar-refractivity contribution in [1.29, 1.82) is 0 Å². The van der Waals surface area contributed by atoms with Crippen LogP contribution in [0.2, 0.25) is 0 Å². The third kappa shape index (κ3) is 5.96. The number of rotatable bonds is 5. The van der Waals surface area contributed by atoms with Gasteiger partial charge in [-0.15, -0.1) is 24.8 Å². The highest BCUT2D eigenvalue weighted by Crippen LogP contribution is 2.16. The Bertz CT molecular complexity index is 439. The quantitative estimate of drug-likeness (QED) is 0.843. The molecule has 1 amide bonds. The van der Waals surface area contributed by atoms with Crippen molar-refractivity contribution in [3.8, 4) is 0 Å². The summed E-state index contributed by atoms with van der Waals surface area (Å²) in [7, 11) is 1.83. The molecule has 1 aromatic heterocycles. The van der Waals surface area contributed by atoms with Crippen molar-refractivity contribution in [3.63, 3.8) is 0 Å². The summed E-state index contributed by atoms with van der Waals surface area (Å²) in [6.07, 6.45) is 1.80. The van der Waals surface area contributed by atoms with E-state index in [9.17, 15) is 4.79 Å². The number of ether oxygens (including phenoxy) is 1. The van der Waals surface area contributed by atoms with Crippen LogP contribution in [0.4, 0.5) is 11.5 Å². The molecule has 1 saturated heterocycles. The third-order valence-electron chi connectivity index (χ3n) is 3.33. The van der Waals surface area contributed by atoms with E-state index in [-0.39, 0.29) is 36.6 Å². The first-order valence-corrected chi connectivity index (χ1v) is 6.95. The lowest BCUT2D eigenvalue weighted by Crippen LogP contribution is -2.36. The Labute approximate surface area is 143 Å². The number of nitrogens with one attached hydrogen (secondary N) is 2. The number of hydrogen-bond acceptors (Lipinski definition) is 5. The van der Waals surface area contributed by atoms with Crippen LogP contribution in [0.3, 0.4) is 0 Å². The molecule has 0 aromatic carbocycles. The van der Waals surface area contributed by atoms with Crippen molar-refractivity contribution in [3.05, 3.63) is 18.3 Å². The first-order valence-electron chi connectivity index (χ1n) is 6.95. The first-order chi connectivity index (χ1) is 9.70. The number of carbonyl (C=O) groups excluding carboxylic acids is 1. The second kappa shape index (κ2) is 10.6. The van der Waals surface area contributed by atoms with Crippen molar-refractivity contribution in [2.45, 2.75) is 6.92 Å². The van der Waals surface area contributed by atoms with Gasteiger partial charge < -0.3 is 20.3 Å². The standard InChI is InChI=1S/C14H22N4O2.2ClH/c1-11(9-15-2)14(19)17-13-4-3-12(10-16-13)18-5-7-20-8-6-18;;/h3-4,10-11,15H,5-9H2,1-2H3,(H,16,17,19);2*1H. The van der Waals surface area contributed by atoms with E-state index >= 15 is 0 Å². The predicted molar refractivity (Wildman–Crippen MR) is 93.5 cm³/mol. The second-order valence-corrected chi connectivity index (χ2v) is 4.95. The van der Waals surface area contributed by atoms with Crippen LogP contribution in [0.25, 0.3) is 0 Å². The van der Waals surface area contributed by atoms with Gasteiger partial charge in [0.15, 0.2) is 0 Å². The van der Waals surface area contributed by atoms with Gasteiger partial charge in [-0.25, -0.2) is 4.98 Å². The van der Waals surface area contributed by atoms with Crippen molar-refractivity contribution in [1.82, 2.24) is 10.3 Å². The molecule has 2 heterocycles. The monoisotopic (exact) mass is 350 g/mol. The molecule has 1 fully saturated rings. The van der Waals surface area contributed by atoms with Gasteiger partial charge in [-0.2, -0.15) is 0 Å². The summed E-state index contributed by atoms with van der Waals surface area (Å²) in [6, 6.07) is 3.82. The van der Waals surface area contributed by atoms with E-state index in [1.807, 2.05) is 26.1 Å². The number of hydrogen-bond donors (Lipinski definition) is 2. The molecule has 1 unspecified atom stereocenters. The summed E-state index contributed by atoms with van der Waals surface area (Å²) in [4.78, 5) is 18.4. The van der Waals surface area contributed by atoms with Crippen LogP contribution in [0.15, 0.2) is 18.3 Å². The van der Waals surface area contributed by atoms with Gasteiger partial charge in [-0.3, -0.25) is 4.79 Å². The van der Waals surface area contributed by atoms with E-state index in [1.165, 1.54) is 0 Å². The molecule has 0 aliphatic carbocycles. The molecule has 6 nitrogen and oxygen atoms in total. The maximum Gasteiger partial charge on any atom is 0.229 e. The molecule has 2 N–H and O–H groups in total. The predicted octanol–water partition coefficient (Wildman–Crippen LogP) is 1.56. The molecule has 126 valence electrons. The van der Waals surface area contributed by atoms with E-state index in [2.05, 4.69) is 20.5 Å². The molecule has 1 aliphatic rings. The number of aromatic nitrogens is 1. The molecule has 2 rings (SSSR count).